The summed E-state index contributed by atoms with van der Waals surface area (Å²) in [4.78, 5) is 35.6. The number of aryl methyl sites for hydroxylation is 2. The number of thiophene rings is 2. The maximum atomic E-state index is 12.8. The summed E-state index contributed by atoms with van der Waals surface area (Å²) in [6.07, 6.45) is 0. The summed E-state index contributed by atoms with van der Waals surface area (Å²) in [6, 6.07) is 11.8. The average molecular weight is 456 g/mol. The number of aromatic nitrogens is 2. The summed E-state index contributed by atoms with van der Waals surface area (Å²) in [7, 11) is 0. The minimum Gasteiger partial charge on any atom is -0.325 e. The number of nitrogens with zero attached hydrogens (tertiary/aromatic N) is 1. The number of thioether (sulfide) groups is 1. The average Bonchev–Trinajstić information content (AvgIpc) is 3.35. The fourth-order valence-corrected chi connectivity index (χ4v) is 5.69. The Morgan fingerprint density at radius 3 is 2.80 bits per heavy atom. The summed E-state index contributed by atoms with van der Waals surface area (Å²) >= 11 is 4.62. The molecule has 2 N–H and O–H groups in total. The van der Waals surface area contributed by atoms with E-state index in [4.69, 9.17) is 0 Å². The van der Waals surface area contributed by atoms with Crippen molar-refractivity contribution in [2.45, 2.75) is 31.8 Å². The maximum absolute atomic E-state index is 12.8. The lowest BCUT2D eigenvalue weighted by molar-refractivity contribution is -0.115. The third-order valence-electron chi connectivity index (χ3n) is 4.90. The molecule has 3 aromatic heterocycles. The van der Waals surface area contributed by atoms with E-state index in [-0.39, 0.29) is 16.7 Å². The maximum Gasteiger partial charge on any atom is 0.259 e. The molecular weight excluding hydrogens is 434 g/mol. The minimum atomic E-state index is -0.297. The molecule has 3 heterocycles. The number of benzene rings is 1. The van der Waals surface area contributed by atoms with Crippen molar-refractivity contribution in [1.82, 2.24) is 9.97 Å². The Hall–Kier alpha value is -2.42. The molecule has 0 fully saturated rings. The first kappa shape index (κ1) is 20.8. The lowest BCUT2D eigenvalue weighted by Gasteiger charge is -2.14. The summed E-state index contributed by atoms with van der Waals surface area (Å²) in [5.74, 6) is 0.982. The van der Waals surface area contributed by atoms with E-state index < -0.39 is 0 Å². The van der Waals surface area contributed by atoms with Gasteiger partial charge in [-0.1, -0.05) is 24.3 Å². The van der Waals surface area contributed by atoms with Gasteiger partial charge in [0.25, 0.3) is 5.56 Å². The number of hydrogen-bond donors (Lipinski definition) is 2. The molecule has 0 aliphatic carbocycles. The fraction of sp³-hybridized carbons (Fsp3) is 0.227. The van der Waals surface area contributed by atoms with Crippen molar-refractivity contribution < 1.29 is 4.79 Å². The van der Waals surface area contributed by atoms with Crippen molar-refractivity contribution >= 4 is 56.2 Å². The first-order chi connectivity index (χ1) is 14.4. The molecular formula is C22H21N3O2S3. The molecule has 1 atom stereocenters. The van der Waals surface area contributed by atoms with Crippen molar-refractivity contribution in [3.8, 4) is 10.4 Å². The number of aromatic amines is 1. The van der Waals surface area contributed by atoms with Crippen molar-refractivity contribution in [3.63, 3.8) is 0 Å². The van der Waals surface area contributed by atoms with Crippen molar-refractivity contribution in [2.24, 2.45) is 0 Å². The van der Waals surface area contributed by atoms with Crippen LogP contribution < -0.4 is 10.9 Å². The zero-order valence-corrected chi connectivity index (χ0v) is 19.3. The van der Waals surface area contributed by atoms with Crippen LogP contribution in [0.25, 0.3) is 20.7 Å². The van der Waals surface area contributed by atoms with Gasteiger partial charge in [0.2, 0.25) is 5.91 Å². The first-order valence-corrected chi connectivity index (χ1v) is 12.2. The predicted octanol–water partition coefficient (Wildman–Crippen LogP) is 5.59. The molecule has 4 rings (SSSR count). The molecule has 4 aromatic rings. The van der Waals surface area contributed by atoms with E-state index in [2.05, 4.69) is 15.3 Å². The minimum absolute atomic E-state index is 0.0738. The molecule has 0 bridgehead atoms. The summed E-state index contributed by atoms with van der Waals surface area (Å²) in [6.45, 7) is 5.81. The number of anilines is 1. The Morgan fingerprint density at radius 1 is 1.23 bits per heavy atom. The fourth-order valence-electron chi connectivity index (χ4n) is 3.12. The Labute approximate surface area is 186 Å². The Kier molecular flexibility index (Phi) is 6.08. The van der Waals surface area contributed by atoms with Gasteiger partial charge in [0, 0.05) is 21.0 Å². The van der Waals surface area contributed by atoms with Crippen LogP contribution in [0.15, 0.2) is 46.6 Å². The van der Waals surface area contributed by atoms with Crippen LogP contribution in [0.5, 0.6) is 0 Å². The van der Waals surface area contributed by atoms with E-state index in [1.165, 1.54) is 23.1 Å². The second-order valence-corrected chi connectivity index (χ2v) is 10.4. The molecule has 0 saturated carbocycles. The quantitative estimate of drug-likeness (QED) is 0.397. The lowest BCUT2D eigenvalue weighted by atomic mass is 10.1. The smallest absolute Gasteiger partial charge is 0.259 e. The van der Waals surface area contributed by atoms with Crippen LogP contribution >= 0.6 is 34.4 Å². The molecule has 1 aromatic carbocycles. The van der Waals surface area contributed by atoms with Crippen LogP contribution in [-0.4, -0.2) is 21.1 Å². The van der Waals surface area contributed by atoms with Gasteiger partial charge in [-0.15, -0.1) is 34.4 Å². The van der Waals surface area contributed by atoms with E-state index in [0.717, 1.165) is 31.4 Å². The van der Waals surface area contributed by atoms with E-state index >= 15 is 0 Å². The van der Waals surface area contributed by atoms with Gasteiger partial charge in [0.15, 0.2) is 0 Å². The van der Waals surface area contributed by atoms with Crippen molar-refractivity contribution in [3.05, 3.63) is 68.4 Å². The van der Waals surface area contributed by atoms with Gasteiger partial charge >= 0.3 is 0 Å². The standard InChI is InChI=1S/C22H21N3O2S3/c1-12-13(2)30-22-19(12)21(27)24-18(25-22)11-29-14(3)20(26)23-16-8-5-4-7-15(16)17-9-6-10-28-17/h4-10,14H,11H2,1-3H3,(H,23,26)(H,24,25,27). The highest BCUT2D eigenvalue weighted by Crippen LogP contribution is 2.32. The van der Waals surface area contributed by atoms with Crippen molar-refractivity contribution in [1.29, 1.82) is 0 Å². The summed E-state index contributed by atoms with van der Waals surface area (Å²) < 4.78 is 0. The zero-order valence-electron chi connectivity index (χ0n) is 16.8. The lowest BCUT2D eigenvalue weighted by Crippen LogP contribution is -2.23. The van der Waals surface area contributed by atoms with Gasteiger partial charge in [-0.3, -0.25) is 9.59 Å². The van der Waals surface area contributed by atoms with Gasteiger partial charge in [0.1, 0.15) is 10.7 Å². The number of H-pyrrole nitrogens is 1. The van der Waals surface area contributed by atoms with Crippen molar-refractivity contribution in [2.75, 3.05) is 5.32 Å². The molecule has 30 heavy (non-hydrogen) atoms. The monoisotopic (exact) mass is 455 g/mol. The molecule has 8 heteroatoms. The highest BCUT2D eigenvalue weighted by molar-refractivity contribution is 7.99. The van der Waals surface area contributed by atoms with Gasteiger partial charge in [-0.25, -0.2) is 4.98 Å². The number of nitrogens with one attached hydrogen (secondary N) is 2. The number of fused-ring (bicyclic) bond motifs is 1. The molecule has 0 spiro atoms. The predicted molar refractivity (Wildman–Crippen MR) is 129 cm³/mol. The molecule has 1 amide bonds. The molecule has 0 saturated heterocycles. The number of carbonyl (C=O) groups excluding carboxylic acids is 1. The summed E-state index contributed by atoms with van der Waals surface area (Å²) in [5.41, 5.74) is 2.69. The molecule has 154 valence electrons. The number of amides is 1. The van der Waals surface area contributed by atoms with Gasteiger partial charge in [-0.2, -0.15) is 0 Å². The Bertz CT molecular complexity index is 1260. The third-order valence-corrected chi connectivity index (χ3v) is 8.06. The second kappa shape index (κ2) is 8.75. The number of carbonyl (C=O) groups is 1. The van der Waals surface area contributed by atoms with Crippen LogP contribution in [0, 0.1) is 13.8 Å². The number of rotatable bonds is 6. The topological polar surface area (TPSA) is 74.8 Å². The Morgan fingerprint density at radius 2 is 2.03 bits per heavy atom. The van der Waals surface area contributed by atoms with Gasteiger partial charge < -0.3 is 10.3 Å². The third kappa shape index (κ3) is 4.21. The highest BCUT2D eigenvalue weighted by atomic mass is 32.2. The largest absolute Gasteiger partial charge is 0.325 e. The molecule has 5 nitrogen and oxygen atoms in total. The van der Waals surface area contributed by atoms with Crippen LogP contribution in [0.1, 0.15) is 23.2 Å². The number of hydrogen-bond acceptors (Lipinski definition) is 6. The number of para-hydroxylation sites is 1. The van der Waals surface area contributed by atoms with Crippen LogP contribution in [0.3, 0.4) is 0 Å². The van der Waals surface area contributed by atoms with Gasteiger partial charge in [0.05, 0.1) is 16.4 Å². The van der Waals surface area contributed by atoms with Crippen LogP contribution in [0.2, 0.25) is 0 Å². The second-order valence-electron chi connectivity index (χ2n) is 6.94. The van der Waals surface area contributed by atoms with Crippen LogP contribution in [0.4, 0.5) is 5.69 Å². The highest BCUT2D eigenvalue weighted by Gasteiger charge is 2.17. The van der Waals surface area contributed by atoms with Crippen LogP contribution in [-0.2, 0) is 10.5 Å². The molecule has 0 radical (unpaired) electrons. The molecule has 0 aliphatic heterocycles. The van der Waals surface area contributed by atoms with Gasteiger partial charge in [-0.05, 0) is 43.8 Å². The molecule has 1 unspecified atom stereocenters. The van der Waals surface area contributed by atoms with E-state index in [1.54, 1.807) is 11.3 Å². The van der Waals surface area contributed by atoms with E-state index in [0.29, 0.717) is 17.0 Å². The Balaban J connectivity index is 1.45. The normalized spacial score (nSPS) is 12.2. The summed E-state index contributed by atoms with van der Waals surface area (Å²) in [5, 5.41) is 5.44. The molecule has 0 aliphatic rings. The zero-order chi connectivity index (χ0) is 21.3. The first-order valence-electron chi connectivity index (χ1n) is 9.48. The SMILES string of the molecule is Cc1sc2nc(CSC(C)C(=O)Nc3ccccc3-c3cccs3)[nH]c(=O)c2c1C. The van der Waals surface area contributed by atoms with E-state index in [1.807, 2.05) is 62.5 Å². The van der Waals surface area contributed by atoms with E-state index in [9.17, 15) is 9.59 Å².